The van der Waals surface area contributed by atoms with E-state index in [0.29, 0.717) is 12.8 Å². The highest BCUT2D eigenvalue weighted by Crippen LogP contribution is 2.25. The molecule has 1 unspecified atom stereocenters. The van der Waals surface area contributed by atoms with E-state index in [4.69, 9.17) is 9.15 Å². The second-order valence-corrected chi connectivity index (χ2v) is 9.14. The summed E-state index contributed by atoms with van der Waals surface area (Å²) in [6.07, 6.45) is 1.95. The fraction of sp³-hybridized carbons (Fsp3) is 0.261. The molecule has 30 heavy (non-hydrogen) atoms. The minimum Gasteiger partial charge on any atom is -0.497 e. The van der Waals surface area contributed by atoms with Gasteiger partial charge in [0.15, 0.2) is 9.84 Å². The molecule has 3 rings (SSSR count). The van der Waals surface area contributed by atoms with Gasteiger partial charge in [0, 0.05) is 24.7 Å². The topological polar surface area (TPSA) is 85.6 Å². The van der Waals surface area contributed by atoms with Crippen LogP contribution >= 0.6 is 0 Å². The van der Waals surface area contributed by atoms with Gasteiger partial charge < -0.3 is 14.5 Å². The summed E-state index contributed by atoms with van der Waals surface area (Å²) >= 11 is 0. The first-order valence-corrected chi connectivity index (χ1v) is 11.5. The first-order chi connectivity index (χ1) is 14.3. The zero-order valence-corrected chi connectivity index (χ0v) is 18.0. The number of furan rings is 1. The van der Waals surface area contributed by atoms with E-state index in [0.717, 1.165) is 28.4 Å². The molecule has 1 aromatic heterocycles. The van der Waals surface area contributed by atoms with E-state index in [1.807, 2.05) is 43.3 Å². The second kappa shape index (κ2) is 9.17. The molecule has 1 N–H and O–H groups in total. The smallest absolute Gasteiger partial charge is 0.220 e. The number of benzene rings is 2. The maximum absolute atomic E-state index is 12.3. The molecule has 0 fully saturated rings. The summed E-state index contributed by atoms with van der Waals surface area (Å²) < 4.78 is 34.1. The Balaban J connectivity index is 1.53. The van der Waals surface area contributed by atoms with E-state index in [-0.39, 0.29) is 16.8 Å². The number of sulfone groups is 1. The lowest BCUT2D eigenvalue weighted by Gasteiger charge is -2.14. The summed E-state index contributed by atoms with van der Waals surface area (Å²) in [5.74, 6) is 2.16. The van der Waals surface area contributed by atoms with E-state index in [1.54, 1.807) is 31.4 Å². The third-order valence-electron chi connectivity index (χ3n) is 4.82. The highest BCUT2D eigenvalue weighted by Gasteiger charge is 2.13. The average Bonchev–Trinajstić information content (AvgIpc) is 3.21. The average molecular weight is 428 g/mol. The fourth-order valence-electron chi connectivity index (χ4n) is 3.06. The van der Waals surface area contributed by atoms with Crippen molar-refractivity contribution in [2.24, 2.45) is 0 Å². The van der Waals surface area contributed by atoms with Gasteiger partial charge in [-0.3, -0.25) is 4.79 Å². The van der Waals surface area contributed by atoms with Crippen LogP contribution in [0.4, 0.5) is 0 Å². The van der Waals surface area contributed by atoms with Crippen molar-refractivity contribution in [1.29, 1.82) is 0 Å². The zero-order chi connectivity index (χ0) is 21.7. The van der Waals surface area contributed by atoms with Crippen LogP contribution in [-0.4, -0.2) is 27.7 Å². The molecule has 0 bridgehead atoms. The predicted molar refractivity (Wildman–Crippen MR) is 115 cm³/mol. The first-order valence-electron chi connectivity index (χ1n) is 9.59. The summed E-state index contributed by atoms with van der Waals surface area (Å²) in [6.45, 7) is 1.86. The molecule has 0 aliphatic heterocycles. The van der Waals surface area contributed by atoms with Crippen LogP contribution in [0, 0.1) is 0 Å². The van der Waals surface area contributed by atoms with Crippen LogP contribution in [0.25, 0.3) is 11.3 Å². The van der Waals surface area contributed by atoms with Crippen LogP contribution in [0.2, 0.25) is 0 Å². The highest BCUT2D eigenvalue weighted by atomic mass is 32.2. The molecule has 1 amide bonds. The largest absolute Gasteiger partial charge is 0.497 e. The van der Waals surface area contributed by atoms with Gasteiger partial charge in [-0.15, -0.1) is 0 Å². The van der Waals surface area contributed by atoms with Gasteiger partial charge >= 0.3 is 0 Å². The number of carbonyl (C=O) groups is 1. The Morgan fingerprint density at radius 2 is 1.70 bits per heavy atom. The van der Waals surface area contributed by atoms with Gasteiger partial charge in [0.2, 0.25) is 5.91 Å². The Morgan fingerprint density at radius 1 is 1.03 bits per heavy atom. The van der Waals surface area contributed by atoms with Crippen LogP contribution in [0.3, 0.4) is 0 Å². The van der Waals surface area contributed by atoms with E-state index < -0.39 is 9.84 Å². The molecule has 158 valence electrons. The van der Waals surface area contributed by atoms with Gasteiger partial charge in [-0.2, -0.15) is 0 Å². The molecule has 0 saturated carbocycles. The molecular weight excluding hydrogens is 402 g/mol. The number of rotatable bonds is 8. The maximum atomic E-state index is 12.3. The van der Waals surface area contributed by atoms with Crippen molar-refractivity contribution in [2.75, 3.05) is 13.4 Å². The van der Waals surface area contributed by atoms with E-state index in [1.165, 1.54) is 6.26 Å². The molecule has 0 radical (unpaired) electrons. The van der Waals surface area contributed by atoms with Crippen LogP contribution in [0.5, 0.6) is 5.75 Å². The minimum atomic E-state index is -3.23. The molecule has 3 aromatic rings. The van der Waals surface area contributed by atoms with Crippen molar-refractivity contribution in [3.05, 3.63) is 72.0 Å². The number of ether oxygens (including phenoxy) is 1. The Labute approximate surface area is 176 Å². The molecule has 6 nitrogen and oxygen atoms in total. The van der Waals surface area contributed by atoms with Gasteiger partial charge in [-0.25, -0.2) is 8.42 Å². The van der Waals surface area contributed by atoms with Crippen LogP contribution < -0.4 is 10.1 Å². The summed E-state index contributed by atoms with van der Waals surface area (Å²) in [7, 11) is -1.61. The zero-order valence-electron chi connectivity index (χ0n) is 17.2. The van der Waals surface area contributed by atoms with E-state index in [9.17, 15) is 13.2 Å². The number of nitrogens with one attached hydrogen (secondary N) is 1. The third-order valence-corrected chi connectivity index (χ3v) is 5.95. The third kappa shape index (κ3) is 5.51. The summed E-state index contributed by atoms with van der Waals surface area (Å²) in [4.78, 5) is 12.6. The monoisotopic (exact) mass is 427 g/mol. The van der Waals surface area contributed by atoms with Crippen molar-refractivity contribution >= 4 is 15.7 Å². The number of hydrogen-bond donors (Lipinski definition) is 1. The van der Waals surface area contributed by atoms with E-state index in [2.05, 4.69) is 5.32 Å². The summed E-state index contributed by atoms with van der Waals surface area (Å²) in [5.41, 5.74) is 1.79. The number of methoxy groups -OCH3 is 1. The number of amides is 1. The lowest BCUT2D eigenvalue weighted by Crippen LogP contribution is -2.26. The Bertz CT molecular complexity index is 1100. The highest BCUT2D eigenvalue weighted by molar-refractivity contribution is 7.90. The van der Waals surface area contributed by atoms with Crippen LogP contribution in [-0.2, 0) is 21.1 Å². The molecule has 7 heteroatoms. The molecule has 0 aliphatic rings. The molecule has 1 atom stereocenters. The number of aryl methyl sites for hydroxylation is 1. The van der Waals surface area contributed by atoms with E-state index >= 15 is 0 Å². The van der Waals surface area contributed by atoms with Gasteiger partial charge in [0.05, 0.1) is 18.0 Å². The molecule has 1 heterocycles. The molecule has 0 aliphatic carbocycles. The van der Waals surface area contributed by atoms with Crippen LogP contribution in [0.1, 0.15) is 30.7 Å². The quantitative estimate of drug-likeness (QED) is 0.583. The normalized spacial score (nSPS) is 12.4. The van der Waals surface area contributed by atoms with Crippen molar-refractivity contribution in [2.45, 2.75) is 30.7 Å². The fourth-order valence-corrected chi connectivity index (χ4v) is 3.69. The molecule has 2 aromatic carbocycles. The number of carbonyl (C=O) groups excluding carboxylic acids is 1. The van der Waals surface area contributed by atoms with Gasteiger partial charge in [-0.1, -0.05) is 12.1 Å². The number of hydrogen-bond acceptors (Lipinski definition) is 5. The molecular formula is C23H25NO5S. The van der Waals surface area contributed by atoms with Crippen molar-refractivity contribution in [3.63, 3.8) is 0 Å². The second-order valence-electron chi connectivity index (χ2n) is 7.12. The van der Waals surface area contributed by atoms with Gasteiger partial charge in [0.1, 0.15) is 17.3 Å². The summed E-state index contributed by atoms with van der Waals surface area (Å²) in [5, 5.41) is 2.93. The van der Waals surface area contributed by atoms with Crippen molar-refractivity contribution < 1.29 is 22.4 Å². The van der Waals surface area contributed by atoms with Crippen molar-refractivity contribution in [3.8, 4) is 17.1 Å². The lowest BCUT2D eigenvalue weighted by atomic mass is 10.1. The predicted octanol–water partition coefficient (Wildman–Crippen LogP) is 4.17. The Kier molecular flexibility index (Phi) is 6.62. The Hall–Kier alpha value is -3.06. The SMILES string of the molecule is COc1ccc(-c2ccc(CCC(=O)NC(C)c3ccc(S(C)(=O)=O)cc3)o2)cc1. The van der Waals surface area contributed by atoms with Gasteiger partial charge in [0.25, 0.3) is 0 Å². The maximum Gasteiger partial charge on any atom is 0.220 e. The van der Waals surface area contributed by atoms with Gasteiger partial charge in [-0.05, 0) is 61.0 Å². The standard InChI is InChI=1S/C23H25NO5S/c1-16(17-6-12-21(13-7-17)30(3,26)27)24-23(25)15-11-20-10-14-22(29-20)18-4-8-19(28-2)9-5-18/h4-10,12-14,16H,11,15H2,1-3H3,(H,24,25). The molecule has 0 spiro atoms. The van der Waals surface area contributed by atoms with Crippen molar-refractivity contribution in [1.82, 2.24) is 5.32 Å². The lowest BCUT2D eigenvalue weighted by molar-refractivity contribution is -0.121. The molecule has 0 saturated heterocycles. The summed E-state index contributed by atoms with van der Waals surface area (Å²) in [6, 6.07) is 17.7. The Morgan fingerprint density at radius 3 is 2.30 bits per heavy atom. The minimum absolute atomic E-state index is 0.0999. The first kappa shape index (κ1) is 21.6. The van der Waals surface area contributed by atoms with Crippen LogP contribution in [0.15, 0.2) is 70.0 Å².